The zero-order chi connectivity index (χ0) is 19.7. The van der Waals surface area contributed by atoms with Crippen LogP contribution in [0.4, 0.5) is 11.4 Å². The normalized spacial score (nSPS) is 16.4. The Kier molecular flexibility index (Phi) is 4.96. The highest BCUT2D eigenvalue weighted by Gasteiger charge is 2.35. The van der Waals surface area contributed by atoms with Crippen molar-refractivity contribution in [3.8, 4) is 11.3 Å². The molecule has 2 amide bonds. The molecule has 1 aliphatic heterocycles. The number of hydrogen-bond donors (Lipinski definition) is 1. The average Bonchev–Trinajstić information content (AvgIpc) is 3.29. The molecule has 1 fully saturated rings. The molecular weight excluding hydrogens is 370 g/mol. The minimum atomic E-state index is -0.362. The molecule has 28 heavy (non-hydrogen) atoms. The van der Waals surface area contributed by atoms with Crippen LogP contribution in [-0.4, -0.2) is 23.3 Å². The number of aryl methyl sites for hydroxylation is 2. The van der Waals surface area contributed by atoms with Crippen LogP contribution in [-0.2, 0) is 9.59 Å². The van der Waals surface area contributed by atoms with Crippen LogP contribution in [0, 0.1) is 19.8 Å². The molecule has 0 saturated carbocycles. The summed E-state index contributed by atoms with van der Waals surface area (Å²) in [7, 11) is 0. The molecule has 0 radical (unpaired) electrons. The Morgan fingerprint density at radius 1 is 1.18 bits per heavy atom. The van der Waals surface area contributed by atoms with Crippen molar-refractivity contribution in [2.75, 3.05) is 16.8 Å². The molecule has 3 aromatic rings. The van der Waals surface area contributed by atoms with E-state index in [1.807, 2.05) is 67.8 Å². The topological polar surface area (TPSA) is 62.3 Å². The number of rotatable bonds is 4. The molecule has 1 N–H and O–H groups in total. The summed E-state index contributed by atoms with van der Waals surface area (Å²) < 4.78 is 0. The van der Waals surface area contributed by atoms with Crippen LogP contribution in [0.25, 0.3) is 11.3 Å². The highest BCUT2D eigenvalue weighted by atomic mass is 32.1. The van der Waals surface area contributed by atoms with E-state index in [-0.39, 0.29) is 24.2 Å². The Balaban J connectivity index is 1.46. The third-order valence-electron chi connectivity index (χ3n) is 4.89. The molecule has 0 aliphatic carbocycles. The van der Waals surface area contributed by atoms with Gasteiger partial charge in [0.2, 0.25) is 11.8 Å². The van der Waals surface area contributed by atoms with Crippen molar-refractivity contribution in [1.82, 2.24) is 4.98 Å². The first-order valence-corrected chi connectivity index (χ1v) is 10.1. The van der Waals surface area contributed by atoms with E-state index in [9.17, 15) is 9.59 Å². The van der Waals surface area contributed by atoms with E-state index in [2.05, 4.69) is 10.3 Å². The van der Waals surface area contributed by atoms with Gasteiger partial charge in [-0.3, -0.25) is 9.59 Å². The maximum atomic E-state index is 12.7. The lowest BCUT2D eigenvalue weighted by molar-refractivity contribution is -0.122. The highest BCUT2D eigenvalue weighted by molar-refractivity contribution is 7.09. The lowest BCUT2D eigenvalue weighted by Gasteiger charge is -2.17. The van der Waals surface area contributed by atoms with Gasteiger partial charge in [-0.1, -0.05) is 29.8 Å². The summed E-state index contributed by atoms with van der Waals surface area (Å²) in [6.45, 7) is 4.38. The number of aromatic nitrogens is 1. The lowest BCUT2D eigenvalue weighted by Crippen LogP contribution is -2.28. The summed E-state index contributed by atoms with van der Waals surface area (Å²) in [6.07, 6.45) is 0.227. The quantitative estimate of drug-likeness (QED) is 0.716. The van der Waals surface area contributed by atoms with Crippen molar-refractivity contribution in [2.24, 2.45) is 5.92 Å². The van der Waals surface area contributed by atoms with E-state index in [1.54, 1.807) is 16.2 Å². The number of anilines is 2. The maximum Gasteiger partial charge on any atom is 0.229 e. The molecule has 4 rings (SSSR count). The number of nitrogens with zero attached hydrogens (tertiary/aromatic N) is 2. The van der Waals surface area contributed by atoms with Crippen LogP contribution in [0.5, 0.6) is 0 Å². The smallest absolute Gasteiger partial charge is 0.229 e. The SMILES string of the molecule is Cc1ccc(N2CC(C(=O)Nc3cccc(-c4csc(C)n4)c3)CC2=O)cc1. The fourth-order valence-corrected chi connectivity index (χ4v) is 3.98. The first-order chi connectivity index (χ1) is 13.5. The number of carbonyl (C=O) groups excluding carboxylic acids is 2. The summed E-state index contributed by atoms with van der Waals surface area (Å²) in [5.41, 5.74) is 4.56. The van der Waals surface area contributed by atoms with Gasteiger partial charge < -0.3 is 10.2 Å². The largest absolute Gasteiger partial charge is 0.326 e. The second-order valence-electron chi connectivity index (χ2n) is 7.06. The van der Waals surface area contributed by atoms with E-state index in [4.69, 9.17) is 0 Å². The monoisotopic (exact) mass is 391 g/mol. The Morgan fingerprint density at radius 2 is 1.96 bits per heavy atom. The van der Waals surface area contributed by atoms with Gasteiger partial charge >= 0.3 is 0 Å². The molecule has 1 aromatic heterocycles. The Labute approximate surface area is 168 Å². The summed E-state index contributed by atoms with van der Waals surface area (Å²) in [5.74, 6) is -0.510. The molecule has 1 atom stereocenters. The van der Waals surface area contributed by atoms with Crippen molar-refractivity contribution in [2.45, 2.75) is 20.3 Å². The molecule has 1 aliphatic rings. The number of benzene rings is 2. The molecule has 0 bridgehead atoms. The molecule has 1 saturated heterocycles. The van der Waals surface area contributed by atoms with E-state index >= 15 is 0 Å². The van der Waals surface area contributed by atoms with Gasteiger partial charge in [-0.05, 0) is 38.1 Å². The zero-order valence-electron chi connectivity index (χ0n) is 15.8. The number of nitrogens with one attached hydrogen (secondary N) is 1. The Hall–Kier alpha value is -2.99. The molecule has 2 aromatic carbocycles. The van der Waals surface area contributed by atoms with Crippen LogP contribution in [0.15, 0.2) is 53.9 Å². The van der Waals surface area contributed by atoms with Crippen LogP contribution in [0.1, 0.15) is 17.0 Å². The molecular formula is C22H21N3O2S. The van der Waals surface area contributed by atoms with Crippen molar-refractivity contribution in [1.29, 1.82) is 0 Å². The number of hydrogen-bond acceptors (Lipinski definition) is 4. The predicted octanol–water partition coefficient (Wildman–Crippen LogP) is 4.42. The van der Waals surface area contributed by atoms with Gasteiger partial charge in [-0.2, -0.15) is 0 Å². The highest BCUT2D eigenvalue weighted by Crippen LogP contribution is 2.28. The van der Waals surface area contributed by atoms with Gasteiger partial charge in [0, 0.05) is 35.3 Å². The van der Waals surface area contributed by atoms with Gasteiger partial charge in [0.1, 0.15) is 0 Å². The average molecular weight is 391 g/mol. The molecule has 2 heterocycles. The fraction of sp³-hybridized carbons (Fsp3) is 0.227. The third kappa shape index (κ3) is 3.82. The molecule has 6 heteroatoms. The second-order valence-corrected chi connectivity index (χ2v) is 8.12. The number of thiazole rings is 1. The Bertz CT molecular complexity index is 1030. The molecule has 142 valence electrons. The van der Waals surface area contributed by atoms with Crippen LogP contribution < -0.4 is 10.2 Å². The minimum absolute atomic E-state index is 0.0179. The first kappa shape index (κ1) is 18.4. The van der Waals surface area contributed by atoms with E-state index < -0.39 is 0 Å². The van der Waals surface area contributed by atoms with E-state index in [1.165, 1.54) is 0 Å². The molecule has 5 nitrogen and oxygen atoms in total. The van der Waals surface area contributed by atoms with Crippen molar-refractivity contribution in [3.63, 3.8) is 0 Å². The van der Waals surface area contributed by atoms with Gasteiger partial charge in [0.05, 0.1) is 16.6 Å². The first-order valence-electron chi connectivity index (χ1n) is 9.20. The number of amides is 2. The molecule has 1 unspecified atom stereocenters. The maximum absolute atomic E-state index is 12.7. The standard InChI is InChI=1S/C22H21N3O2S/c1-14-6-8-19(9-7-14)25-12-17(11-21(25)26)22(27)24-18-5-3-4-16(10-18)20-13-28-15(2)23-20/h3-10,13,17H,11-12H2,1-2H3,(H,24,27). The van der Waals surface area contributed by atoms with Crippen molar-refractivity contribution in [3.05, 3.63) is 64.5 Å². The van der Waals surface area contributed by atoms with Gasteiger partial charge in [0.15, 0.2) is 0 Å². The summed E-state index contributed by atoms with van der Waals surface area (Å²) in [4.78, 5) is 31.3. The van der Waals surface area contributed by atoms with E-state index in [0.29, 0.717) is 6.54 Å². The van der Waals surface area contributed by atoms with Crippen LogP contribution in [0.2, 0.25) is 0 Å². The zero-order valence-corrected chi connectivity index (χ0v) is 16.6. The number of carbonyl (C=O) groups is 2. The Morgan fingerprint density at radius 3 is 2.68 bits per heavy atom. The lowest BCUT2D eigenvalue weighted by atomic mass is 10.1. The van der Waals surface area contributed by atoms with Crippen molar-refractivity contribution < 1.29 is 9.59 Å². The van der Waals surface area contributed by atoms with Crippen LogP contribution >= 0.6 is 11.3 Å². The molecule has 0 spiro atoms. The summed E-state index contributed by atoms with van der Waals surface area (Å²) >= 11 is 1.60. The van der Waals surface area contributed by atoms with Crippen molar-refractivity contribution >= 4 is 34.5 Å². The van der Waals surface area contributed by atoms with Gasteiger partial charge in [0.25, 0.3) is 0 Å². The van der Waals surface area contributed by atoms with Gasteiger partial charge in [-0.25, -0.2) is 4.98 Å². The summed E-state index contributed by atoms with van der Waals surface area (Å²) in [6, 6.07) is 15.4. The van der Waals surface area contributed by atoms with E-state index in [0.717, 1.165) is 33.2 Å². The minimum Gasteiger partial charge on any atom is -0.326 e. The fourth-order valence-electron chi connectivity index (χ4n) is 3.35. The van der Waals surface area contributed by atoms with Gasteiger partial charge in [-0.15, -0.1) is 11.3 Å². The third-order valence-corrected chi connectivity index (χ3v) is 5.66. The summed E-state index contributed by atoms with van der Waals surface area (Å²) in [5, 5.41) is 5.97. The van der Waals surface area contributed by atoms with Crippen LogP contribution in [0.3, 0.4) is 0 Å². The predicted molar refractivity (Wildman–Crippen MR) is 113 cm³/mol. The second kappa shape index (κ2) is 7.56.